The maximum absolute atomic E-state index is 5.83. The van der Waals surface area contributed by atoms with Crippen LogP contribution in [0.5, 0.6) is 0 Å². The van der Waals surface area contributed by atoms with Gasteiger partial charge in [-0.05, 0) is 58.9 Å². The van der Waals surface area contributed by atoms with Crippen molar-refractivity contribution in [1.82, 2.24) is 5.32 Å². The number of rotatable bonds is 9. The Kier molecular flexibility index (Phi) is 6.09. The zero-order chi connectivity index (χ0) is 13.6. The van der Waals surface area contributed by atoms with Crippen molar-refractivity contribution in [2.24, 2.45) is 0 Å². The lowest BCUT2D eigenvalue weighted by Crippen LogP contribution is -2.57. The molecule has 0 radical (unpaired) electrons. The summed E-state index contributed by atoms with van der Waals surface area (Å²) in [5.41, 5.74) is 0.0455. The predicted molar refractivity (Wildman–Crippen MR) is 76.0 cm³/mol. The molecule has 0 aromatic carbocycles. The molecule has 3 heteroatoms. The zero-order valence-electron chi connectivity index (χ0n) is 12.8. The summed E-state index contributed by atoms with van der Waals surface area (Å²) in [6.07, 6.45) is 7.04. The standard InChI is InChI=1S/C15H31NO2/c1-6-12-16-13(8-11-14(2,3)17-4)15(18-5)9-7-10-15/h13,16H,6-12H2,1-5H3. The number of methoxy groups -OCH3 is 2. The second-order valence-electron chi connectivity index (χ2n) is 6.13. The van der Waals surface area contributed by atoms with Crippen LogP contribution >= 0.6 is 0 Å². The van der Waals surface area contributed by atoms with E-state index in [9.17, 15) is 0 Å². The lowest BCUT2D eigenvalue weighted by atomic mass is 9.72. The summed E-state index contributed by atoms with van der Waals surface area (Å²) in [7, 11) is 3.66. The number of nitrogens with one attached hydrogen (secondary N) is 1. The SMILES string of the molecule is CCCNC(CCC(C)(C)OC)C1(OC)CCC1. The van der Waals surface area contributed by atoms with Gasteiger partial charge in [-0.1, -0.05) is 6.92 Å². The van der Waals surface area contributed by atoms with E-state index in [2.05, 4.69) is 26.1 Å². The molecule has 108 valence electrons. The number of hydrogen-bond donors (Lipinski definition) is 1. The second-order valence-corrected chi connectivity index (χ2v) is 6.13. The Labute approximate surface area is 113 Å². The fourth-order valence-corrected chi connectivity index (χ4v) is 2.68. The van der Waals surface area contributed by atoms with Crippen molar-refractivity contribution in [3.05, 3.63) is 0 Å². The van der Waals surface area contributed by atoms with Crippen LogP contribution in [0.2, 0.25) is 0 Å². The van der Waals surface area contributed by atoms with Gasteiger partial charge in [-0.3, -0.25) is 0 Å². The van der Waals surface area contributed by atoms with Crippen molar-refractivity contribution < 1.29 is 9.47 Å². The number of ether oxygens (including phenoxy) is 2. The van der Waals surface area contributed by atoms with Gasteiger partial charge in [0.1, 0.15) is 0 Å². The van der Waals surface area contributed by atoms with E-state index >= 15 is 0 Å². The van der Waals surface area contributed by atoms with Gasteiger partial charge in [-0.2, -0.15) is 0 Å². The molecule has 0 bridgehead atoms. The molecule has 0 aliphatic heterocycles. The molecule has 0 saturated heterocycles. The van der Waals surface area contributed by atoms with Crippen LogP contribution in [0.3, 0.4) is 0 Å². The Hall–Kier alpha value is -0.120. The minimum absolute atomic E-state index is 0.0369. The molecule has 1 aliphatic rings. The third-order valence-corrected chi connectivity index (χ3v) is 4.47. The Morgan fingerprint density at radius 2 is 1.94 bits per heavy atom. The highest BCUT2D eigenvalue weighted by molar-refractivity contribution is 5.00. The largest absolute Gasteiger partial charge is 0.379 e. The van der Waals surface area contributed by atoms with Crippen molar-refractivity contribution in [2.45, 2.75) is 76.5 Å². The van der Waals surface area contributed by atoms with Gasteiger partial charge in [-0.15, -0.1) is 0 Å². The van der Waals surface area contributed by atoms with Crippen LogP contribution in [0.15, 0.2) is 0 Å². The van der Waals surface area contributed by atoms with Crippen LogP contribution in [0.25, 0.3) is 0 Å². The molecule has 1 saturated carbocycles. The minimum atomic E-state index is -0.0369. The minimum Gasteiger partial charge on any atom is -0.379 e. The summed E-state index contributed by atoms with van der Waals surface area (Å²) >= 11 is 0. The lowest BCUT2D eigenvalue weighted by Gasteiger charge is -2.47. The molecule has 0 aromatic heterocycles. The smallest absolute Gasteiger partial charge is 0.0831 e. The zero-order valence-corrected chi connectivity index (χ0v) is 12.8. The first-order chi connectivity index (χ1) is 8.49. The molecule has 0 heterocycles. The molecule has 18 heavy (non-hydrogen) atoms. The first-order valence-corrected chi connectivity index (χ1v) is 7.33. The highest BCUT2D eigenvalue weighted by atomic mass is 16.5. The van der Waals surface area contributed by atoms with Gasteiger partial charge < -0.3 is 14.8 Å². The fourth-order valence-electron chi connectivity index (χ4n) is 2.68. The lowest BCUT2D eigenvalue weighted by molar-refractivity contribution is -0.104. The van der Waals surface area contributed by atoms with E-state index in [0.29, 0.717) is 6.04 Å². The predicted octanol–water partition coefficient (Wildman–Crippen LogP) is 3.13. The van der Waals surface area contributed by atoms with Crippen molar-refractivity contribution in [1.29, 1.82) is 0 Å². The molecule has 1 fully saturated rings. The Bertz CT molecular complexity index is 231. The Morgan fingerprint density at radius 1 is 1.28 bits per heavy atom. The average Bonchev–Trinajstić information content (AvgIpc) is 2.31. The summed E-state index contributed by atoms with van der Waals surface area (Å²) in [4.78, 5) is 0. The molecule has 3 nitrogen and oxygen atoms in total. The van der Waals surface area contributed by atoms with Crippen LogP contribution in [0.4, 0.5) is 0 Å². The first kappa shape index (κ1) is 15.9. The van der Waals surface area contributed by atoms with Gasteiger partial charge in [0.2, 0.25) is 0 Å². The third kappa shape index (κ3) is 3.94. The van der Waals surface area contributed by atoms with Crippen LogP contribution in [0.1, 0.15) is 59.3 Å². The topological polar surface area (TPSA) is 30.5 Å². The maximum Gasteiger partial charge on any atom is 0.0831 e. The average molecular weight is 257 g/mol. The van der Waals surface area contributed by atoms with E-state index in [1.54, 1.807) is 7.11 Å². The van der Waals surface area contributed by atoms with Crippen molar-refractivity contribution in [3.63, 3.8) is 0 Å². The maximum atomic E-state index is 5.83. The molecule has 1 rings (SSSR count). The first-order valence-electron chi connectivity index (χ1n) is 7.33. The van der Waals surface area contributed by atoms with Gasteiger partial charge in [0.15, 0.2) is 0 Å². The quantitative estimate of drug-likeness (QED) is 0.688. The Morgan fingerprint density at radius 3 is 2.33 bits per heavy atom. The molecule has 0 spiro atoms. The molecule has 1 N–H and O–H groups in total. The van der Waals surface area contributed by atoms with Gasteiger partial charge >= 0.3 is 0 Å². The fraction of sp³-hybridized carbons (Fsp3) is 1.00. The van der Waals surface area contributed by atoms with Gasteiger partial charge in [0.25, 0.3) is 0 Å². The van der Waals surface area contributed by atoms with Crippen molar-refractivity contribution in [3.8, 4) is 0 Å². The van der Waals surface area contributed by atoms with Crippen LogP contribution < -0.4 is 5.32 Å². The third-order valence-electron chi connectivity index (χ3n) is 4.47. The van der Waals surface area contributed by atoms with Gasteiger partial charge in [0, 0.05) is 20.3 Å². The number of hydrogen-bond acceptors (Lipinski definition) is 3. The van der Waals surface area contributed by atoms with E-state index in [1.807, 2.05) is 7.11 Å². The van der Waals surface area contributed by atoms with Crippen molar-refractivity contribution >= 4 is 0 Å². The summed E-state index contributed by atoms with van der Waals surface area (Å²) < 4.78 is 11.4. The normalized spacial score (nSPS) is 20.5. The van der Waals surface area contributed by atoms with Crippen LogP contribution in [-0.2, 0) is 9.47 Å². The molecule has 1 atom stereocenters. The van der Waals surface area contributed by atoms with E-state index in [1.165, 1.54) is 25.7 Å². The summed E-state index contributed by atoms with van der Waals surface area (Å²) in [5, 5.41) is 3.68. The molecule has 1 aliphatic carbocycles. The summed E-state index contributed by atoms with van der Waals surface area (Å²) in [5.74, 6) is 0. The van der Waals surface area contributed by atoms with Gasteiger partial charge in [-0.25, -0.2) is 0 Å². The van der Waals surface area contributed by atoms with Crippen molar-refractivity contribution in [2.75, 3.05) is 20.8 Å². The molecule has 0 aromatic rings. The van der Waals surface area contributed by atoms with E-state index in [-0.39, 0.29) is 11.2 Å². The van der Waals surface area contributed by atoms with Crippen LogP contribution in [-0.4, -0.2) is 38.0 Å². The van der Waals surface area contributed by atoms with E-state index in [0.717, 1.165) is 19.4 Å². The van der Waals surface area contributed by atoms with Crippen LogP contribution in [0, 0.1) is 0 Å². The second kappa shape index (κ2) is 6.88. The highest BCUT2D eigenvalue weighted by Crippen LogP contribution is 2.40. The van der Waals surface area contributed by atoms with E-state index < -0.39 is 0 Å². The molecular formula is C15H31NO2. The monoisotopic (exact) mass is 257 g/mol. The Balaban J connectivity index is 2.55. The van der Waals surface area contributed by atoms with Gasteiger partial charge in [0.05, 0.1) is 11.2 Å². The van der Waals surface area contributed by atoms with E-state index in [4.69, 9.17) is 9.47 Å². The highest BCUT2D eigenvalue weighted by Gasteiger charge is 2.44. The summed E-state index contributed by atoms with van der Waals surface area (Å²) in [6, 6.07) is 0.464. The summed E-state index contributed by atoms with van der Waals surface area (Å²) in [6.45, 7) is 7.60. The molecule has 0 amide bonds. The molecule has 1 unspecified atom stereocenters. The molecular weight excluding hydrogens is 226 g/mol.